The molecule has 0 saturated carbocycles. The highest BCUT2D eigenvalue weighted by atomic mass is 16.5. The third-order valence-electron chi connectivity index (χ3n) is 6.12. The van der Waals surface area contributed by atoms with Crippen LogP contribution in [0.1, 0.15) is 23.6 Å². The Morgan fingerprint density at radius 1 is 0.625 bits per heavy atom. The zero-order chi connectivity index (χ0) is 22.3. The first kappa shape index (κ1) is 19.8. The Labute approximate surface area is 187 Å². The van der Waals surface area contributed by atoms with Gasteiger partial charge in [-0.05, 0) is 102 Å². The Bertz CT molecular complexity index is 1290. The number of nitrogen functional groups attached to an aromatic ring is 2. The van der Waals surface area contributed by atoms with E-state index >= 15 is 0 Å². The van der Waals surface area contributed by atoms with Crippen molar-refractivity contribution in [2.45, 2.75) is 12.3 Å². The summed E-state index contributed by atoms with van der Waals surface area (Å²) in [7, 11) is 0. The first-order chi connectivity index (χ1) is 15.4. The van der Waals surface area contributed by atoms with Crippen molar-refractivity contribution in [2.24, 2.45) is 0 Å². The summed E-state index contributed by atoms with van der Waals surface area (Å²) in [6, 6.07) is 29.1. The Hall–Kier alpha value is -4.18. The smallest absolute Gasteiger partial charge is 0.128 e. The van der Waals surface area contributed by atoms with E-state index < -0.39 is 0 Å². The van der Waals surface area contributed by atoms with Gasteiger partial charge in [-0.3, -0.25) is 0 Å². The average molecular weight is 421 g/mol. The molecule has 0 aliphatic heterocycles. The van der Waals surface area contributed by atoms with Gasteiger partial charge in [-0.2, -0.15) is 0 Å². The van der Waals surface area contributed by atoms with E-state index in [1.165, 1.54) is 11.1 Å². The van der Waals surface area contributed by atoms with Gasteiger partial charge in [-0.25, -0.2) is 0 Å². The van der Waals surface area contributed by atoms with E-state index in [9.17, 15) is 0 Å². The van der Waals surface area contributed by atoms with Gasteiger partial charge >= 0.3 is 0 Å². The van der Waals surface area contributed by atoms with Gasteiger partial charge in [0.05, 0.1) is 0 Å². The van der Waals surface area contributed by atoms with Crippen molar-refractivity contribution in [3.8, 4) is 23.0 Å². The molecule has 0 bridgehead atoms. The van der Waals surface area contributed by atoms with Gasteiger partial charge in [-0.15, -0.1) is 0 Å². The molecule has 0 radical (unpaired) electrons. The molecule has 0 amide bonds. The van der Waals surface area contributed by atoms with E-state index in [-0.39, 0.29) is 5.41 Å². The largest absolute Gasteiger partial charge is 0.457 e. The van der Waals surface area contributed by atoms with Gasteiger partial charge in [0.25, 0.3) is 0 Å². The van der Waals surface area contributed by atoms with Crippen LogP contribution in [-0.4, -0.2) is 0 Å². The standard InChI is InChI=1S/C28H24N2O2/c1-18-26-17-25(32-24-13-7-21(30)8-14-24)15-16-27(26)28(18,2)19-3-9-22(10-4-19)31-23-11-5-20(29)6-12-23/h3-17H,1,29-30H2,2H3. The minimum atomic E-state index is -0.241. The van der Waals surface area contributed by atoms with Crippen LogP contribution in [0.4, 0.5) is 11.4 Å². The third-order valence-corrected chi connectivity index (χ3v) is 6.12. The topological polar surface area (TPSA) is 70.5 Å². The molecule has 0 spiro atoms. The summed E-state index contributed by atoms with van der Waals surface area (Å²) < 4.78 is 11.9. The number of hydrogen-bond acceptors (Lipinski definition) is 4. The number of nitrogens with two attached hydrogens (primary N) is 2. The highest BCUT2D eigenvalue weighted by Crippen LogP contribution is 2.55. The van der Waals surface area contributed by atoms with Crippen molar-refractivity contribution in [1.82, 2.24) is 0 Å². The molecule has 1 atom stereocenters. The van der Waals surface area contributed by atoms with Crippen molar-refractivity contribution in [3.63, 3.8) is 0 Å². The van der Waals surface area contributed by atoms with Crippen LogP contribution in [0.3, 0.4) is 0 Å². The summed E-state index contributed by atoms with van der Waals surface area (Å²) >= 11 is 0. The summed E-state index contributed by atoms with van der Waals surface area (Å²) in [5.41, 5.74) is 17.3. The fraction of sp³-hybridized carbons (Fsp3) is 0.0714. The molecule has 4 nitrogen and oxygen atoms in total. The Balaban J connectivity index is 1.36. The molecule has 4 aromatic rings. The first-order valence-corrected chi connectivity index (χ1v) is 10.4. The summed E-state index contributed by atoms with van der Waals surface area (Å²) in [5, 5.41) is 0. The van der Waals surface area contributed by atoms with Gasteiger partial charge < -0.3 is 20.9 Å². The molecular weight excluding hydrogens is 396 g/mol. The van der Waals surface area contributed by atoms with Crippen molar-refractivity contribution < 1.29 is 9.47 Å². The molecule has 4 N–H and O–H groups in total. The average Bonchev–Trinajstić information content (AvgIpc) is 2.82. The van der Waals surface area contributed by atoms with E-state index in [0.29, 0.717) is 11.4 Å². The molecule has 5 rings (SSSR count). The lowest BCUT2D eigenvalue weighted by Crippen LogP contribution is -2.35. The van der Waals surface area contributed by atoms with Crippen molar-refractivity contribution in [3.05, 3.63) is 114 Å². The molecule has 158 valence electrons. The van der Waals surface area contributed by atoms with E-state index in [1.807, 2.05) is 72.8 Å². The summed E-state index contributed by atoms with van der Waals surface area (Å²) in [4.78, 5) is 0. The number of ether oxygens (including phenoxy) is 2. The number of hydrogen-bond donors (Lipinski definition) is 2. The van der Waals surface area contributed by atoms with Crippen LogP contribution < -0.4 is 20.9 Å². The van der Waals surface area contributed by atoms with Gasteiger partial charge in [-0.1, -0.05) is 24.8 Å². The van der Waals surface area contributed by atoms with Crippen molar-refractivity contribution in [1.29, 1.82) is 0 Å². The molecule has 0 aromatic heterocycles. The maximum Gasteiger partial charge on any atom is 0.128 e. The zero-order valence-electron chi connectivity index (χ0n) is 17.8. The van der Waals surface area contributed by atoms with Crippen LogP contribution in [0.15, 0.2) is 97.6 Å². The van der Waals surface area contributed by atoms with Gasteiger partial charge in [0.15, 0.2) is 0 Å². The number of allylic oxidation sites excluding steroid dienone is 1. The van der Waals surface area contributed by atoms with Crippen molar-refractivity contribution in [2.75, 3.05) is 11.5 Å². The highest BCUT2D eigenvalue weighted by molar-refractivity contribution is 5.90. The van der Waals surface area contributed by atoms with Crippen LogP contribution >= 0.6 is 0 Å². The lowest BCUT2D eigenvalue weighted by atomic mass is 9.58. The molecule has 0 saturated heterocycles. The molecule has 1 aliphatic carbocycles. The van der Waals surface area contributed by atoms with Crippen LogP contribution in [0.25, 0.3) is 5.57 Å². The summed E-state index contributed by atoms with van der Waals surface area (Å²) in [5.74, 6) is 3.07. The summed E-state index contributed by atoms with van der Waals surface area (Å²) in [6.45, 7) is 6.58. The normalized spacial score (nSPS) is 16.7. The quantitative estimate of drug-likeness (QED) is 0.350. The van der Waals surface area contributed by atoms with Crippen LogP contribution in [0, 0.1) is 0 Å². The number of anilines is 2. The molecule has 4 aromatic carbocycles. The first-order valence-electron chi connectivity index (χ1n) is 10.4. The lowest BCUT2D eigenvalue weighted by molar-refractivity contribution is 0.480. The van der Waals surface area contributed by atoms with Crippen LogP contribution in [-0.2, 0) is 5.41 Å². The minimum Gasteiger partial charge on any atom is -0.457 e. The Kier molecular flexibility index (Phi) is 4.63. The zero-order valence-corrected chi connectivity index (χ0v) is 17.8. The third kappa shape index (κ3) is 3.36. The maximum absolute atomic E-state index is 5.98. The summed E-state index contributed by atoms with van der Waals surface area (Å²) in [6.07, 6.45) is 0. The van der Waals surface area contributed by atoms with E-state index in [1.54, 1.807) is 0 Å². The molecule has 32 heavy (non-hydrogen) atoms. The molecule has 1 aliphatic rings. The van der Waals surface area contributed by atoms with E-state index in [4.69, 9.17) is 20.9 Å². The molecular formula is C28H24N2O2. The molecule has 4 heteroatoms. The van der Waals surface area contributed by atoms with Gasteiger partial charge in [0.2, 0.25) is 0 Å². The second-order valence-electron chi connectivity index (χ2n) is 8.18. The maximum atomic E-state index is 5.98. The van der Waals surface area contributed by atoms with E-state index in [0.717, 1.165) is 34.1 Å². The molecule has 0 heterocycles. The fourth-order valence-corrected chi connectivity index (χ4v) is 4.17. The van der Waals surface area contributed by atoms with Gasteiger partial charge in [0, 0.05) is 16.8 Å². The SMILES string of the molecule is C=C1c2cc(Oc3ccc(N)cc3)ccc2C1(C)c1ccc(Oc2ccc(N)cc2)cc1. The Morgan fingerprint density at radius 2 is 1.06 bits per heavy atom. The van der Waals surface area contributed by atoms with Crippen LogP contribution in [0.5, 0.6) is 23.0 Å². The number of fused-ring (bicyclic) bond motifs is 1. The second-order valence-corrected chi connectivity index (χ2v) is 8.18. The molecule has 1 unspecified atom stereocenters. The van der Waals surface area contributed by atoms with Crippen LogP contribution in [0.2, 0.25) is 0 Å². The predicted octanol–water partition coefficient (Wildman–Crippen LogP) is 6.77. The van der Waals surface area contributed by atoms with Crippen molar-refractivity contribution >= 4 is 16.9 Å². The number of benzene rings is 4. The minimum absolute atomic E-state index is 0.241. The predicted molar refractivity (Wildman–Crippen MR) is 130 cm³/mol. The molecule has 0 fully saturated rings. The monoisotopic (exact) mass is 420 g/mol. The van der Waals surface area contributed by atoms with E-state index in [2.05, 4.69) is 31.7 Å². The number of rotatable bonds is 5. The fourth-order valence-electron chi connectivity index (χ4n) is 4.17. The van der Waals surface area contributed by atoms with Gasteiger partial charge in [0.1, 0.15) is 23.0 Å². The highest BCUT2D eigenvalue weighted by Gasteiger charge is 2.43. The Morgan fingerprint density at radius 3 is 1.59 bits per heavy atom. The lowest BCUT2D eigenvalue weighted by Gasteiger charge is -2.44. The second kappa shape index (κ2) is 7.50.